The van der Waals surface area contributed by atoms with E-state index >= 15 is 0 Å². The zero-order valence-corrected chi connectivity index (χ0v) is 15.4. The molecule has 0 unspecified atom stereocenters. The van der Waals surface area contributed by atoms with E-state index in [4.69, 9.17) is 4.74 Å². The van der Waals surface area contributed by atoms with Crippen molar-refractivity contribution in [1.82, 2.24) is 4.90 Å². The third-order valence-corrected chi connectivity index (χ3v) is 4.72. The summed E-state index contributed by atoms with van der Waals surface area (Å²) in [6.45, 7) is 6.35. The first kappa shape index (κ1) is 17.6. The number of piperazine rings is 1. The van der Waals surface area contributed by atoms with Gasteiger partial charge in [-0.2, -0.15) is 0 Å². The van der Waals surface area contributed by atoms with Gasteiger partial charge in [0.1, 0.15) is 5.75 Å². The quantitative estimate of drug-likeness (QED) is 0.720. The van der Waals surface area contributed by atoms with Crippen molar-refractivity contribution in [3.8, 4) is 5.75 Å². The van der Waals surface area contributed by atoms with E-state index in [0.29, 0.717) is 0 Å². The summed E-state index contributed by atoms with van der Waals surface area (Å²) in [5, 5.41) is 0. The van der Waals surface area contributed by atoms with E-state index in [0.717, 1.165) is 51.5 Å². The molecule has 4 heteroatoms. The van der Waals surface area contributed by atoms with Gasteiger partial charge in [0.2, 0.25) is 0 Å². The first-order valence-electron chi connectivity index (χ1n) is 9.15. The Morgan fingerprint density at radius 3 is 2.40 bits per heavy atom. The molecule has 0 saturated carbocycles. The van der Waals surface area contributed by atoms with E-state index in [2.05, 4.69) is 57.2 Å². The molecule has 1 saturated heterocycles. The second-order valence-corrected chi connectivity index (χ2v) is 6.76. The van der Waals surface area contributed by atoms with Gasteiger partial charge in [0.05, 0.1) is 6.61 Å². The lowest BCUT2D eigenvalue weighted by Crippen LogP contribution is -2.46. The zero-order valence-electron chi connectivity index (χ0n) is 15.4. The van der Waals surface area contributed by atoms with Gasteiger partial charge in [0.15, 0.2) is 0 Å². The van der Waals surface area contributed by atoms with E-state index in [9.17, 15) is 0 Å². The summed E-state index contributed by atoms with van der Waals surface area (Å²) in [5.41, 5.74) is 2.51. The number of hydrogen-bond acceptors (Lipinski definition) is 4. The largest absolute Gasteiger partial charge is 0.493 e. The predicted octanol–water partition coefficient (Wildman–Crippen LogP) is 3.34. The summed E-state index contributed by atoms with van der Waals surface area (Å²) in [6.07, 6.45) is 1.07. The number of anilines is 2. The Balaban J connectivity index is 1.36. The number of para-hydroxylation sites is 1. The lowest BCUT2D eigenvalue weighted by Gasteiger charge is -2.36. The number of ether oxygens (including phenoxy) is 1. The monoisotopic (exact) mass is 339 g/mol. The number of benzene rings is 2. The lowest BCUT2D eigenvalue weighted by molar-refractivity contribution is 0.225. The topological polar surface area (TPSA) is 19.0 Å². The van der Waals surface area contributed by atoms with E-state index in [1.54, 1.807) is 0 Å². The van der Waals surface area contributed by atoms with Crippen LogP contribution in [0.5, 0.6) is 5.75 Å². The fourth-order valence-electron chi connectivity index (χ4n) is 3.20. The van der Waals surface area contributed by atoms with Gasteiger partial charge in [-0.15, -0.1) is 0 Å². The molecule has 2 aromatic rings. The van der Waals surface area contributed by atoms with Gasteiger partial charge < -0.3 is 14.5 Å². The molecular formula is C21H29N3O. The SMILES string of the molecule is CN(C)c1cccc(OCCCN2CCN(c3ccccc3)CC2)c1. The molecule has 0 N–H and O–H groups in total. The van der Waals surface area contributed by atoms with Gasteiger partial charge in [0.25, 0.3) is 0 Å². The summed E-state index contributed by atoms with van der Waals surface area (Å²) >= 11 is 0. The zero-order chi connectivity index (χ0) is 17.5. The summed E-state index contributed by atoms with van der Waals surface area (Å²) in [4.78, 5) is 7.11. The van der Waals surface area contributed by atoms with Crippen LogP contribution in [0, 0.1) is 0 Å². The molecule has 0 aliphatic carbocycles. The fourth-order valence-corrected chi connectivity index (χ4v) is 3.20. The van der Waals surface area contributed by atoms with Crippen molar-refractivity contribution in [3.63, 3.8) is 0 Å². The van der Waals surface area contributed by atoms with E-state index in [1.807, 2.05) is 26.2 Å². The molecule has 1 heterocycles. The molecule has 0 radical (unpaired) electrons. The van der Waals surface area contributed by atoms with Crippen LogP contribution in [0.2, 0.25) is 0 Å². The van der Waals surface area contributed by atoms with Crippen LogP contribution in [0.25, 0.3) is 0 Å². The number of hydrogen-bond donors (Lipinski definition) is 0. The molecule has 25 heavy (non-hydrogen) atoms. The Kier molecular flexibility index (Phi) is 6.18. The number of nitrogens with zero attached hydrogens (tertiary/aromatic N) is 3. The van der Waals surface area contributed by atoms with Crippen molar-refractivity contribution < 1.29 is 4.74 Å². The van der Waals surface area contributed by atoms with Gasteiger partial charge in [0, 0.05) is 64.3 Å². The minimum absolute atomic E-state index is 0.774. The van der Waals surface area contributed by atoms with Crippen LogP contribution in [0.3, 0.4) is 0 Å². The minimum atomic E-state index is 0.774. The summed E-state index contributed by atoms with van der Waals surface area (Å²) in [5.74, 6) is 0.958. The maximum absolute atomic E-state index is 5.91. The van der Waals surface area contributed by atoms with E-state index in [-0.39, 0.29) is 0 Å². The lowest BCUT2D eigenvalue weighted by atomic mass is 10.2. The maximum atomic E-state index is 5.91. The van der Waals surface area contributed by atoms with Crippen molar-refractivity contribution in [2.45, 2.75) is 6.42 Å². The number of rotatable bonds is 7. The smallest absolute Gasteiger partial charge is 0.121 e. The van der Waals surface area contributed by atoms with Crippen LogP contribution in [0.4, 0.5) is 11.4 Å². The molecule has 4 nitrogen and oxygen atoms in total. The fraction of sp³-hybridized carbons (Fsp3) is 0.429. The molecule has 134 valence electrons. The molecule has 0 amide bonds. The summed E-state index contributed by atoms with van der Waals surface area (Å²) in [7, 11) is 4.10. The van der Waals surface area contributed by atoms with Crippen molar-refractivity contribution >= 4 is 11.4 Å². The molecule has 2 aromatic carbocycles. The average molecular weight is 339 g/mol. The van der Waals surface area contributed by atoms with E-state index < -0.39 is 0 Å². The standard InChI is InChI=1S/C21H29N3O/c1-22(2)20-10-6-11-21(18-20)25-17-7-12-23-13-15-24(16-14-23)19-8-4-3-5-9-19/h3-6,8-11,18H,7,12-17H2,1-2H3. The second kappa shape index (κ2) is 8.77. The van der Waals surface area contributed by atoms with Crippen molar-refractivity contribution in [3.05, 3.63) is 54.6 Å². The van der Waals surface area contributed by atoms with Gasteiger partial charge >= 0.3 is 0 Å². The predicted molar refractivity (Wildman–Crippen MR) is 106 cm³/mol. The molecule has 1 aliphatic rings. The first-order valence-corrected chi connectivity index (χ1v) is 9.15. The van der Waals surface area contributed by atoms with Gasteiger partial charge in [-0.1, -0.05) is 24.3 Å². The Labute approximate surface area is 151 Å². The molecule has 0 spiro atoms. The summed E-state index contributed by atoms with van der Waals surface area (Å²) < 4.78 is 5.91. The van der Waals surface area contributed by atoms with Crippen LogP contribution < -0.4 is 14.5 Å². The Hall–Kier alpha value is -2.20. The molecule has 0 atom stereocenters. The molecule has 1 aliphatic heterocycles. The maximum Gasteiger partial charge on any atom is 0.121 e. The molecular weight excluding hydrogens is 310 g/mol. The van der Waals surface area contributed by atoms with Crippen LogP contribution >= 0.6 is 0 Å². The molecule has 3 rings (SSSR count). The van der Waals surface area contributed by atoms with Crippen molar-refractivity contribution in [2.24, 2.45) is 0 Å². The Bertz CT molecular complexity index is 637. The summed E-state index contributed by atoms with van der Waals surface area (Å²) in [6, 6.07) is 19.0. The van der Waals surface area contributed by atoms with E-state index in [1.165, 1.54) is 11.4 Å². The third kappa shape index (κ3) is 5.13. The Morgan fingerprint density at radius 2 is 1.68 bits per heavy atom. The Morgan fingerprint density at radius 1 is 0.920 bits per heavy atom. The highest BCUT2D eigenvalue weighted by atomic mass is 16.5. The minimum Gasteiger partial charge on any atom is -0.493 e. The first-order chi connectivity index (χ1) is 12.2. The van der Waals surface area contributed by atoms with Crippen LogP contribution in [0.15, 0.2) is 54.6 Å². The molecule has 0 bridgehead atoms. The second-order valence-electron chi connectivity index (χ2n) is 6.76. The van der Waals surface area contributed by atoms with Gasteiger partial charge in [-0.05, 0) is 30.7 Å². The highest BCUT2D eigenvalue weighted by molar-refractivity contribution is 5.49. The molecule has 0 aromatic heterocycles. The van der Waals surface area contributed by atoms with Gasteiger partial charge in [-0.3, -0.25) is 4.90 Å². The normalized spacial score (nSPS) is 15.2. The average Bonchev–Trinajstić information content (AvgIpc) is 2.67. The van der Waals surface area contributed by atoms with Crippen LogP contribution in [0.1, 0.15) is 6.42 Å². The highest BCUT2D eigenvalue weighted by Crippen LogP contribution is 2.19. The van der Waals surface area contributed by atoms with Crippen molar-refractivity contribution in [2.75, 3.05) is 63.2 Å². The third-order valence-electron chi connectivity index (χ3n) is 4.72. The van der Waals surface area contributed by atoms with Crippen molar-refractivity contribution in [1.29, 1.82) is 0 Å². The molecule has 1 fully saturated rings. The van der Waals surface area contributed by atoms with Crippen LogP contribution in [-0.2, 0) is 0 Å². The van der Waals surface area contributed by atoms with Crippen LogP contribution in [-0.4, -0.2) is 58.3 Å². The highest BCUT2D eigenvalue weighted by Gasteiger charge is 2.16. The van der Waals surface area contributed by atoms with Gasteiger partial charge in [-0.25, -0.2) is 0 Å².